The molecular formula is C41H59CaN6O9PS2. The Morgan fingerprint density at radius 3 is 2.03 bits per heavy atom. The van der Waals surface area contributed by atoms with E-state index < -0.39 is 62.3 Å². The van der Waals surface area contributed by atoms with Crippen LogP contribution < -0.4 is 16.0 Å². The summed E-state index contributed by atoms with van der Waals surface area (Å²) in [4.78, 5) is 71.9. The van der Waals surface area contributed by atoms with Gasteiger partial charge in [0.25, 0.3) is 0 Å². The Morgan fingerprint density at radius 1 is 0.867 bits per heavy atom. The number of hydrogen-bond acceptors (Lipinski definition) is 11. The van der Waals surface area contributed by atoms with Gasteiger partial charge in [0.1, 0.15) is 12.6 Å². The van der Waals surface area contributed by atoms with Crippen molar-refractivity contribution in [2.45, 2.75) is 110 Å². The van der Waals surface area contributed by atoms with Gasteiger partial charge in [0.05, 0.1) is 39.8 Å². The summed E-state index contributed by atoms with van der Waals surface area (Å²) < 4.78 is 29.4. The summed E-state index contributed by atoms with van der Waals surface area (Å²) in [5, 5.41) is 11.9. The number of nitrogens with zero attached hydrogens (tertiary/aromatic N) is 3. The minimum absolute atomic E-state index is 0. The quantitative estimate of drug-likeness (QED) is 0.0346. The Bertz CT molecular complexity index is 1940. The standard InChI is InChI=1S/C41H57N6O9PS2.Ca.2H/c1-26(2)36(46-40(49)47(7)22-32-24-58-38(44-32)27(3)4)37(48)43-31(18-29-14-10-8-11-15-29)20-35(55-39(28(5)6)56-57(51,52)53)34(19-30-16-12-9-13-17-30)45-41(50)54-23-33-21-42-25-59-33;;;/h8-17,21,24-28,31,34-36,39H,18-20,22-23H2,1-7H3,(H,43,48)(H,45,50)(H,46,49)(H2,51,52,53);;;/t31-,34-,35-,36-,39?;;;/m0.../s1. The molecule has 4 aromatic rings. The second-order valence-electron chi connectivity index (χ2n) is 15.4. The van der Waals surface area contributed by atoms with Crippen molar-refractivity contribution < 1.29 is 42.7 Å². The van der Waals surface area contributed by atoms with E-state index >= 15 is 0 Å². The van der Waals surface area contributed by atoms with Gasteiger partial charge >= 0.3 is 57.7 Å². The molecule has 0 spiro atoms. The van der Waals surface area contributed by atoms with E-state index in [2.05, 4.69) is 39.8 Å². The number of hydrogen-bond donors (Lipinski definition) is 5. The summed E-state index contributed by atoms with van der Waals surface area (Å²) in [5.74, 6) is -1.04. The molecule has 0 bridgehead atoms. The summed E-state index contributed by atoms with van der Waals surface area (Å²) in [6.07, 6.45) is -0.987. The number of rotatable bonds is 22. The van der Waals surface area contributed by atoms with Crippen LogP contribution in [0.15, 0.2) is 77.8 Å². The number of carbonyl (C=O) groups excluding carboxylic acids is 3. The van der Waals surface area contributed by atoms with Crippen molar-refractivity contribution in [2.75, 3.05) is 7.05 Å². The van der Waals surface area contributed by atoms with Gasteiger partial charge in [-0.2, -0.15) is 0 Å². The number of carbonyl (C=O) groups is 3. The molecule has 0 aliphatic rings. The SMILES string of the molecule is CC(C)c1nc(CN(C)C(=O)N[C@H](C(=O)N[C@@H](Cc2ccccc2)C[C@H](OC(OP(=O)(O)O)C(C)C)[C@H](Cc2ccccc2)NC(=O)OCc2cncs2)C(C)C)cs1.[CaH2]. The van der Waals surface area contributed by atoms with Gasteiger partial charge in [-0.05, 0) is 36.3 Å². The third kappa shape index (κ3) is 17.8. The predicted octanol–water partition coefficient (Wildman–Crippen LogP) is 6.10. The first kappa shape index (κ1) is 51.4. The Hall–Kier alpha value is -2.96. The molecule has 19 heteroatoms. The number of benzene rings is 2. The maximum absolute atomic E-state index is 14.3. The van der Waals surface area contributed by atoms with Crippen molar-refractivity contribution >= 4 is 86.3 Å². The molecule has 60 heavy (non-hydrogen) atoms. The fourth-order valence-electron chi connectivity index (χ4n) is 6.13. The fourth-order valence-corrected chi connectivity index (χ4v) is 8.02. The summed E-state index contributed by atoms with van der Waals surface area (Å²) in [7, 11) is -3.39. The molecule has 0 saturated carbocycles. The molecule has 2 aromatic heterocycles. The molecule has 15 nitrogen and oxygen atoms in total. The molecular weight excluding hydrogens is 856 g/mol. The number of urea groups is 1. The number of nitrogens with one attached hydrogen (secondary N) is 3. The molecule has 326 valence electrons. The molecule has 5 N–H and O–H groups in total. The first-order chi connectivity index (χ1) is 28.0. The van der Waals surface area contributed by atoms with Gasteiger partial charge in [-0.3, -0.25) is 14.3 Å². The third-order valence-corrected chi connectivity index (χ3v) is 11.6. The van der Waals surface area contributed by atoms with E-state index in [1.54, 1.807) is 32.6 Å². The van der Waals surface area contributed by atoms with Crippen LogP contribution in [-0.2, 0) is 49.4 Å². The molecule has 4 amide bonds. The molecule has 0 radical (unpaired) electrons. The van der Waals surface area contributed by atoms with Crippen LogP contribution in [0.3, 0.4) is 0 Å². The van der Waals surface area contributed by atoms with E-state index in [0.717, 1.165) is 26.7 Å². The van der Waals surface area contributed by atoms with Crippen molar-refractivity contribution in [3.05, 3.63) is 104 Å². The fraction of sp³-hybridized carbons (Fsp3) is 0.488. The predicted molar refractivity (Wildman–Crippen MR) is 236 cm³/mol. The number of phosphoric ester groups is 1. The topological polar surface area (TPSA) is 202 Å². The second-order valence-corrected chi connectivity index (χ2v) is 18.4. The Balaban J connectivity index is 0.00000961. The summed E-state index contributed by atoms with van der Waals surface area (Å²) in [5.41, 5.74) is 4.10. The normalized spacial score (nSPS) is 14.1. The van der Waals surface area contributed by atoms with Crippen LogP contribution in [0.25, 0.3) is 0 Å². The summed E-state index contributed by atoms with van der Waals surface area (Å²) in [6, 6.07) is 15.9. The van der Waals surface area contributed by atoms with E-state index in [1.165, 1.54) is 27.6 Å². The number of alkyl carbamates (subject to hydrolysis) is 1. The van der Waals surface area contributed by atoms with Gasteiger partial charge < -0.3 is 40.1 Å². The molecule has 0 aliphatic heterocycles. The number of amides is 4. The van der Waals surface area contributed by atoms with Crippen LogP contribution in [-0.4, -0.2) is 118 Å². The molecule has 2 heterocycles. The van der Waals surface area contributed by atoms with E-state index in [9.17, 15) is 28.7 Å². The molecule has 0 saturated heterocycles. The van der Waals surface area contributed by atoms with E-state index in [1.807, 2.05) is 79.9 Å². The van der Waals surface area contributed by atoms with Crippen molar-refractivity contribution in [1.82, 2.24) is 30.8 Å². The monoisotopic (exact) mass is 914 g/mol. The van der Waals surface area contributed by atoms with Crippen molar-refractivity contribution in [1.29, 1.82) is 0 Å². The molecule has 0 fully saturated rings. The summed E-state index contributed by atoms with van der Waals surface area (Å²) >= 11 is 2.87. The van der Waals surface area contributed by atoms with Crippen LogP contribution in [0.2, 0.25) is 0 Å². The third-order valence-electron chi connectivity index (χ3n) is 9.20. The molecule has 2 aromatic carbocycles. The number of phosphoric acid groups is 1. The number of aromatic nitrogens is 2. The van der Waals surface area contributed by atoms with Gasteiger partial charge in [0.15, 0.2) is 6.29 Å². The number of thiazole rings is 2. The van der Waals surface area contributed by atoms with Gasteiger partial charge in [0.2, 0.25) is 5.91 Å². The summed E-state index contributed by atoms with van der Waals surface area (Å²) in [6.45, 7) is 11.4. The van der Waals surface area contributed by atoms with Crippen LogP contribution in [0.1, 0.15) is 80.6 Å². The average molecular weight is 915 g/mol. The van der Waals surface area contributed by atoms with Crippen LogP contribution >= 0.6 is 30.5 Å². The zero-order valence-corrected chi connectivity index (χ0v) is 37.0. The van der Waals surface area contributed by atoms with Gasteiger partial charge in [0, 0.05) is 36.5 Å². The van der Waals surface area contributed by atoms with E-state index in [4.69, 9.17) is 14.0 Å². The molecule has 4 rings (SSSR count). The molecule has 1 unspecified atom stereocenters. The van der Waals surface area contributed by atoms with Crippen LogP contribution in [0.5, 0.6) is 0 Å². The minimum atomic E-state index is -5.04. The van der Waals surface area contributed by atoms with Crippen LogP contribution in [0.4, 0.5) is 9.59 Å². The van der Waals surface area contributed by atoms with Crippen LogP contribution in [0, 0.1) is 11.8 Å². The van der Waals surface area contributed by atoms with E-state index in [-0.39, 0.29) is 75.6 Å². The number of ether oxygens (including phenoxy) is 2. The Kier molecular flexibility index (Phi) is 21.6. The molecule has 0 aliphatic carbocycles. The Morgan fingerprint density at radius 2 is 1.50 bits per heavy atom. The van der Waals surface area contributed by atoms with Gasteiger partial charge in [-0.1, -0.05) is 102 Å². The average Bonchev–Trinajstić information content (AvgIpc) is 3.88. The first-order valence-corrected chi connectivity index (χ1v) is 22.8. The maximum atomic E-state index is 14.3. The van der Waals surface area contributed by atoms with Gasteiger partial charge in [-0.15, -0.1) is 22.7 Å². The van der Waals surface area contributed by atoms with Crippen molar-refractivity contribution in [2.24, 2.45) is 11.8 Å². The Labute approximate surface area is 390 Å². The zero-order valence-electron chi connectivity index (χ0n) is 34.5. The first-order valence-electron chi connectivity index (χ1n) is 19.5. The second kappa shape index (κ2) is 25.2. The van der Waals surface area contributed by atoms with Crippen molar-refractivity contribution in [3.8, 4) is 0 Å². The molecule has 5 atom stereocenters. The van der Waals surface area contributed by atoms with Gasteiger partial charge in [-0.25, -0.2) is 19.1 Å². The van der Waals surface area contributed by atoms with Crippen molar-refractivity contribution in [3.63, 3.8) is 0 Å². The zero-order chi connectivity index (χ0) is 43.1. The van der Waals surface area contributed by atoms with E-state index in [0.29, 0.717) is 6.42 Å².